The van der Waals surface area contributed by atoms with Crippen LogP contribution in [-0.2, 0) is 4.74 Å². The highest BCUT2D eigenvalue weighted by Crippen LogP contribution is 1.94. The van der Waals surface area contributed by atoms with Gasteiger partial charge >= 0.3 is 6.03 Å². The quantitative estimate of drug-likeness (QED) is 0.655. The second kappa shape index (κ2) is 5.82. The number of nitrogens with zero attached hydrogens (tertiary/aromatic N) is 1. The Balaban J connectivity index is 2.15. The van der Waals surface area contributed by atoms with Gasteiger partial charge in [0.25, 0.3) is 0 Å². The van der Waals surface area contributed by atoms with Crippen molar-refractivity contribution in [1.29, 1.82) is 0 Å². The maximum Gasteiger partial charge on any atom is 0.317 e. The van der Waals surface area contributed by atoms with Crippen LogP contribution in [0.2, 0.25) is 0 Å². The summed E-state index contributed by atoms with van der Waals surface area (Å²) in [5, 5.41) is 6.04. The summed E-state index contributed by atoms with van der Waals surface area (Å²) in [6.45, 7) is 5.68. The number of hydrogen-bond donors (Lipinski definition) is 2. The number of ether oxygens (including phenoxy) is 1. The fourth-order valence-corrected chi connectivity index (χ4v) is 1.23. The van der Waals surface area contributed by atoms with Gasteiger partial charge in [0.1, 0.15) is 0 Å². The average molecular weight is 201 g/mol. The van der Waals surface area contributed by atoms with Crippen LogP contribution in [0.15, 0.2) is 0 Å². The van der Waals surface area contributed by atoms with Crippen LogP contribution in [0.4, 0.5) is 4.79 Å². The molecule has 5 nitrogen and oxygen atoms in total. The molecule has 1 rings (SSSR count). The third-order valence-corrected chi connectivity index (χ3v) is 2.31. The van der Waals surface area contributed by atoms with Crippen molar-refractivity contribution in [1.82, 2.24) is 15.5 Å². The number of carbonyl (C=O) groups is 1. The SMILES string of the molecule is CCN(C)C(=O)NCC1CNCCO1. The molecule has 1 fully saturated rings. The van der Waals surface area contributed by atoms with E-state index in [4.69, 9.17) is 4.74 Å². The third kappa shape index (κ3) is 3.51. The largest absolute Gasteiger partial charge is 0.374 e. The molecule has 0 saturated carbocycles. The number of morpholine rings is 1. The number of urea groups is 1. The van der Waals surface area contributed by atoms with Crippen molar-refractivity contribution in [2.45, 2.75) is 13.0 Å². The summed E-state index contributed by atoms with van der Waals surface area (Å²) in [6.07, 6.45) is 0.109. The van der Waals surface area contributed by atoms with E-state index in [0.717, 1.165) is 26.2 Å². The zero-order valence-corrected chi connectivity index (χ0v) is 8.88. The van der Waals surface area contributed by atoms with Gasteiger partial charge < -0.3 is 20.3 Å². The summed E-state index contributed by atoms with van der Waals surface area (Å²) in [6, 6.07) is -0.0401. The highest BCUT2D eigenvalue weighted by molar-refractivity contribution is 5.73. The van der Waals surface area contributed by atoms with E-state index in [0.29, 0.717) is 6.54 Å². The van der Waals surface area contributed by atoms with Crippen LogP contribution in [-0.4, -0.2) is 56.9 Å². The summed E-state index contributed by atoms with van der Waals surface area (Å²) in [5.74, 6) is 0. The van der Waals surface area contributed by atoms with Crippen LogP contribution in [0.1, 0.15) is 6.92 Å². The number of hydrogen-bond acceptors (Lipinski definition) is 3. The van der Waals surface area contributed by atoms with E-state index in [1.54, 1.807) is 11.9 Å². The van der Waals surface area contributed by atoms with Crippen molar-refractivity contribution < 1.29 is 9.53 Å². The molecule has 5 heteroatoms. The minimum absolute atomic E-state index is 0.0401. The smallest absolute Gasteiger partial charge is 0.317 e. The van der Waals surface area contributed by atoms with E-state index in [9.17, 15) is 4.79 Å². The molecule has 0 bridgehead atoms. The van der Waals surface area contributed by atoms with Gasteiger partial charge in [-0.25, -0.2) is 4.79 Å². The van der Waals surface area contributed by atoms with Gasteiger partial charge in [-0.05, 0) is 6.92 Å². The van der Waals surface area contributed by atoms with E-state index in [1.807, 2.05) is 6.92 Å². The van der Waals surface area contributed by atoms with Crippen LogP contribution in [0.3, 0.4) is 0 Å². The Bertz CT molecular complexity index is 181. The lowest BCUT2D eigenvalue weighted by Crippen LogP contribution is -2.47. The van der Waals surface area contributed by atoms with Crippen molar-refractivity contribution >= 4 is 6.03 Å². The lowest BCUT2D eigenvalue weighted by Gasteiger charge is -2.25. The van der Waals surface area contributed by atoms with Crippen molar-refractivity contribution in [3.05, 3.63) is 0 Å². The molecule has 82 valence electrons. The predicted molar refractivity (Wildman–Crippen MR) is 54.3 cm³/mol. The first-order valence-electron chi connectivity index (χ1n) is 5.05. The third-order valence-electron chi connectivity index (χ3n) is 2.31. The summed E-state index contributed by atoms with van der Waals surface area (Å²) in [7, 11) is 1.77. The van der Waals surface area contributed by atoms with E-state index in [-0.39, 0.29) is 12.1 Å². The molecule has 0 radical (unpaired) electrons. The molecular weight excluding hydrogens is 182 g/mol. The van der Waals surface area contributed by atoms with Gasteiger partial charge in [-0.15, -0.1) is 0 Å². The molecule has 14 heavy (non-hydrogen) atoms. The number of nitrogens with one attached hydrogen (secondary N) is 2. The van der Waals surface area contributed by atoms with Crippen LogP contribution in [0, 0.1) is 0 Å². The molecule has 2 amide bonds. The molecule has 0 aromatic rings. The van der Waals surface area contributed by atoms with E-state index in [2.05, 4.69) is 10.6 Å². The Morgan fingerprint density at radius 1 is 1.71 bits per heavy atom. The molecule has 1 heterocycles. The van der Waals surface area contributed by atoms with Gasteiger partial charge in [0.05, 0.1) is 12.7 Å². The maximum absolute atomic E-state index is 11.4. The molecule has 1 saturated heterocycles. The maximum atomic E-state index is 11.4. The lowest BCUT2D eigenvalue weighted by molar-refractivity contribution is 0.0301. The van der Waals surface area contributed by atoms with Crippen LogP contribution >= 0.6 is 0 Å². The first-order chi connectivity index (χ1) is 6.74. The first kappa shape index (κ1) is 11.3. The fourth-order valence-electron chi connectivity index (χ4n) is 1.23. The Hall–Kier alpha value is -0.810. The zero-order chi connectivity index (χ0) is 10.4. The van der Waals surface area contributed by atoms with E-state index >= 15 is 0 Å². The Morgan fingerprint density at radius 3 is 3.07 bits per heavy atom. The Labute approximate surface area is 84.8 Å². The van der Waals surface area contributed by atoms with Crippen LogP contribution in [0.5, 0.6) is 0 Å². The molecule has 0 aromatic carbocycles. The summed E-state index contributed by atoms with van der Waals surface area (Å²) < 4.78 is 5.45. The molecular formula is C9H19N3O2. The Morgan fingerprint density at radius 2 is 2.50 bits per heavy atom. The van der Waals surface area contributed by atoms with E-state index in [1.165, 1.54) is 0 Å². The van der Waals surface area contributed by atoms with Gasteiger partial charge in [-0.1, -0.05) is 0 Å². The lowest BCUT2D eigenvalue weighted by atomic mass is 10.3. The summed E-state index contributed by atoms with van der Waals surface area (Å²) in [4.78, 5) is 13.0. The molecule has 0 aliphatic carbocycles. The topological polar surface area (TPSA) is 53.6 Å². The molecule has 0 spiro atoms. The second-order valence-electron chi connectivity index (χ2n) is 3.40. The van der Waals surface area contributed by atoms with Crippen LogP contribution < -0.4 is 10.6 Å². The van der Waals surface area contributed by atoms with Crippen molar-refractivity contribution in [3.8, 4) is 0 Å². The average Bonchev–Trinajstić information content (AvgIpc) is 2.26. The van der Waals surface area contributed by atoms with E-state index < -0.39 is 0 Å². The number of rotatable bonds is 3. The first-order valence-corrected chi connectivity index (χ1v) is 5.05. The molecule has 2 N–H and O–H groups in total. The molecule has 1 aliphatic rings. The highest BCUT2D eigenvalue weighted by Gasteiger charge is 2.14. The van der Waals surface area contributed by atoms with Gasteiger partial charge in [0, 0.05) is 33.2 Å². The van der Waals surface area contributed by atoms with Gasteiger partial charge in [0.15, 0.2) is 0 Å². The number of carbonyl (C=O) groups excluding carboxylic acids is 1. The van der Waals surface area contributed by atoms with Crippen molar-refractivity contribution in [2.75, 3.05) is 39.8 Å². The normalized spacial score (nSPS) is 21.7. The van der Waals surface area contributed by atoms with Crippen molar-refractivity contribution in [2.24, 2.45) is 0 Å². The van der Waals surface area contributed by atoms with Crippen molar-refractivity contribution in [3.63, 3.8) is 0 Å². The molecule has 1 atom stereocenters. The predicted octanol–water partition coefficient (Wildman–Crippen LogP) is -0.364. The fraction of sp³-hybridized carbons (Fsp3) is 0.889. The minimum atomic E-state index is -0.0401. The number of amides is 2. The zero-order valence-electron chi connectivity index (χ0n) is 8.88. The Kier molecular flexibility index (Phi) is 4.69. The van der Waals surface area contributed by atoms with Crippen LogP contribution in [0.25, 0.3) is 0 Å². The van der Waals surface area contributed by atoms with Gasteiger partial charge in [0.2, 0.25) is 0 Å². The minimum Gasteiger partial charge on any atom is -0.374 e. The standard InChI is InChI=1S/C9H19N3O2/c1-3-12(2)9(13)11-7-8-6-10-4-5-14-8/h8,10H,3-7H2,1-2H3,(H,11,13). The summed E-state index contributed by atoms with van der Waals surface area (Å²) in [5.41, 5.74) is 0. The summed E-state index contributed by atoms with van der Waals surface area (Å²) >= 11 is 0. The van der Waals surface area contributed by atoms with Gasteiger partial charge in [-0.2, -0.15) is 0 Å². The molecule has 0 aromatic heterocycles. The monoisotopic (exact) mass is 201 g/mol. The second-order valence-corrected chi connectivity index (χ2v) is 3.40. The molecule has 1 unspecified atom stereocenters. The highest BCUT2D eigenvalue weighted by atomic mass is 16.5. The molecule has 1 aliphatic heterocycles. The van der Waals surface area contributed by atoms with Gasteiger partial charge in [-0.3, -0.25) is 0 Å².